The Morgan fingerprint density at radius 2 is 1.55 bits per heavy atom. The van der Waals surface area contributed by atoms with Crippen molar-refractivity contribution in [3.63, 3.8) is 0 Å². The lowest BCUT2D eigenvalue weighted by Crippen LogP contribution is -2.32. The van der Waals surface area contributed by atoms with Crippen molar-refractivity contribution >= 4 is 23.7 Å². The average Bonchev–Trinajstić information content (AvgIpc) is 3.38. The Labute approximate surface area is 192 Å². The molecule has 0 bridgehead atoms. The summed E-state index contributed by atoms with van der Waals surface area (Å²) in [4.78, 5) is 32.1. The number of hydrogen-bond acceptors (Lipinski definition) is 5. The van der Waals surface area contributed by atoms with Crippen LogP contribution in [0.3, 0.4) is 0 Å². The van der Waals surface area contributed by atoms with Crippen LogP contribution < -0.4 is 10.2 Å². The van der Waals surface area contributed by atoms with Crippen molar-refractivity contribution in [1.29, 1.82) is 0 Å². The maximum Gasteiger partial charge on any atom is 0.260 e. The molecule has 3 aliphatic rings. The third kappa shape index (κ3) is 3.26. The predicted molar refractivity (Wildman–Crippen MR) is 125 cm³/mol. The van der Waals surface area contributed by atoms with Crippen LogP contribution in [0.25, 0.3) is 0 Å². The summed E-state index contributed by atoms with van der Waals surface area (Å²) in [6.07, 6.45) is 5.95. The van der Waals surface area contributed by atoms with Crippen LogP contribution in [0.4, 0.5) is 11.9 Å². The first kappa shape index (κ1) is 19.9. The number of rotatable bonds is 3. The molecule has 166 valence electrons. The molecular formula is C26H25N5O2. The molecule has 7 nitrogen and oxygen atoms in total. The highest BCUT2D eigenvalue weighted by atomic mass is 16.2. The van der Waals surface area contributed by atoms with E-state index in [0.29, 0.717) is 18.8 Å². The Morgan fingerprint density at radius 3 is 2.21 bits per heavy atom. The van der Waals surface area contributed by atoms with Crippen molar-refractivity contribution < 1.29 is 9.59 Å². The summed E-state index contributed by atoms with van der Waals surface area (Å²) in [6.45, 7) is 2.07. The van der Waals surface area contributed by atoms with E-state index in [-0.39, 0.29) is 41.7 Å². The van der Waals surface area contributed by atoms with Gasteiger partial charge in [0, 0.05) is 0 Å². The highest BCUT2D eigenvalue weighted by molar-refractivity contribution is 6.21. The number of amides is 2. The number of nitrogens with one attached hydrogen (secondary N) is 1. The third-order valence-electron chi connectivity index (χ3n) is 7.05. The monoisotopic (exact) mass is 439 g/mol. The number of benzene rings is 2. The van der Waals surface area contributed by atoms with E-state index in [1.165, 1.54) is 10.5 Å². The summed E-state index contributed by atoms with van der Waals surface area (Å²) < 4.78 is 1.83. The van der Waals surface area contributed by atoms with Gasteiger partial charge in [-0.25, -0.2) is 9.58 Å². The van der Waals surface area contributed by atoms with Crippen LogP contribution in [-0.4, -0.2) is 26.6 Å². The zero-order chi connectivity index (χ0) is 22.5. The molecule has 33 heavy (non-hydrogen) atoms. The minimum Gasteiger partial charge on any atom is -0.347 e. The molecule has 1 N–H and O–H groups in total. The van der Waals surface area contributed by atoms with E-state index in [9.17, 15) is 9.59 Å². The van der Waals surface area contributed by atoms with Crippen molar-refractivity contribution in [3.8, 4) is 0 Å². The number of nitrogens with zero attached hydrogens (tertiary/aromatic N) is 4. The fourth-order valence-electron chi connectivity index (χ4n) is 5.23. The van der Waals surface area contributed by atoms with Gasteiger partial charge in [0.25, 0.3) is 5.95 Å². The predicted octanol–water partition coefficient (Wildman–Crippen LogP) is 4.19. The van der Waals surface area contributed by atoms with E-state index in [4.69, 9.17) is 5.10 Å². The molecule has 3 heterocycles. The summed E-state index contributed by atoms with van der Waals surface area (Å²) in [7, 11) is 0. The lowest BCUT2D eigenvalue weighted by Gasteiger charge is -2.31. The van der Waals surface area contributed by atoms with Gasteiger partial charge in [0.2, 0.25) is 17.8 Å². The van der Waals surface area contributed by atoms with Crippen LogP contribution in [0.15, 0.2) is 66.7 Å². The lowest BCUT2D eigenvalue weighted by atomic mass is 9.85. The van der Waals surface area contributed by atoms with Gasteiger partial charge in [-0.1, -0.05) is 72.3 Å². The second kappa shape index (κ2) is 7.69. The van der Waals surface area contributed by atoms with Gasteiger partial charge in [0.05, 0.1) is 23.9 Å². The van der Waals surface area contributed by atoms with Crippen LogP contribution in [0.5, 0.6) is 0 Å². The van der Waals surface area contributed by atoms with Gasteiger partial charge in [0.1, 0.15) is 0 Å². The van der Waals surface area contributed by atoms with Crippen LogP contribution in [-0.2, 0) is 9.59 Å². The number of hydrogen-bond donors (Lipinski definition) is 1. The van der Waals surface area contributed by atoms with E-state index in [1.807, 2.05) is 35.0 Å². The number of aromatic nitrogens is 3. The number of aryl methyl sites for hydroxylation is 1. The second-order valence-electron chi connectivity index (χ2n) is 9.12. The zero-order valence-corrected chi connectivity index (χ0v) is 18.4. The smallest absolute Gasteiger partial charge is 0.260 e. The molecule has 1 aliphatic carbocycles. The molecule has 2 amide bonds. The standard InChI is InChI=1S/C26H25N5O2/c1-16-11-13-18(14-12-16)22-15-21(17-7-3-2-4-8-17)27-25-28-26(29-31(22)25)30-23(32)19-9-5-6-10-20(19)24(30)33/h2-8,11-14,19-22H,9-10,15H2,1H3,(H,27,28,29)/t19-,20+,21-,22-/m0/s1. The fourth-order valence-corrected chi connectivity index (χ4v) is 5.23. The molecule has 1 aromatic heterocycles. The Kier molecular flexibility index (Phi) is 4.64. The van der Waals surface area contributed by atoms with E-state index in [1.54, 1.807) is 0 Å². The van der Waals surface area contributed by atoms with Gasteiger partial charge in [0.15, 0.2) is 0 Å². The van der Waals surface area contributed by atoms with Gasteiger partial charge in [-0.05, 0) is 37.3 Å². The summed E-state index contributed by atoms with van der Waals surface area (Å²) >= 11 is 0. The maximum atomic E-state index is 13.1. The topological polar surface area (TPSA) is 80.1 Å². The molecule has 7 heteroatoms. The summed E-state index contributed by atoms with van der Waals surface area (Å²) in [6, 6.07) is 18.7. The van der Waals surface area contributed by atoms with E-state index >= 15 is 0 Å². The molecule has 2 aromatic carbocycles. The maximum absolute atomic E-state index is 13.1. The van der Waals surface area contributed by atoms with Crippen molar-refractivity contribution in [1.82, 2.24) is 14.8 Å². The van der Waals surface area contributed by atoms with E-state index in [0.717, 1.165) is 17.5 Å². The third-order valence-corrected chi connectivity index (χ3v) is 7.05. The molecule has 1 fully saturated rings. The quantitative estimate of drug-likeness (QED) is 0.489. The number of carbonyl (C=O) groups is 2. The first-order valence-corrected chi connectivity index (χ1v) is 11.5. The summed E-state index contributed by atoms with van der Waals surface area (Å²) in [5, 5.41) is 8.20. The number of fused-ring (bicyclic) bond motifs is 2. The molecular weight excluding hydrogens is 414 g/mol. The van der Waals surface area contributed by atoms with Crippen molar-refractivity contribution in [2.45, 2.75) is 38.3 Å². The molecule has 0 saturated carbocycles. The highest BCUT2D eigenvalue weighted by Crippen LogP contribution is 2.41. The van der Waals surface area contributed by atoms with Gasteiger partial charge >= 0.3 is 0 Å². The van der Waals surface area contributed by atoms with Crippen LogP contribution in [0.2, 0.25) is 0 Å². The molecule has 2 aliphatic heterocycles. The largest absolute Gasteiger partial charge is 0.347 e. The molecule has 6 rings (SSSR count). The fraction of sp³-hybridized carbons (Fsp3) is 0.308. The van der Waals surface area contributed by atoms with Gasteiger partial charge in [-0.2, -0.15) is 4.98 Å². The Morgan fingerprint density at radius 1 is 0.879 bits per heavy atom. The second-order valence-corrected chi connectivity index (χ2v) is 9.12. The Hall–Kier alpha value is -3.74. The number of allylic oxidation sites excluding steroid dienone is 2. The summed E-state index contributed by atoms with van der Waals surface area (Å²) in [5.74, 6) is -0.244. The molecule has 4 atom stereocenters. The van der Waals surface area contributed by atoms with Crippen LogP contribution in [0.1, 0.15) is 48.0 Å². The lowest BCUT2D eigenvalue weighted by molar-refractivity contribution is -0.122. The Bertz CT molecular complexity index is 1220. The normalized spacial score (nSPS) is 26.2. The SMILES string of the molecule is Cc1ccc([C@@H]2C[C@@H](c3ccccc3)Nc3nc(N4C(=O)[C@H]5CC=CC[C@H]5C4=O)nn32)cc1. The number of imide groups is 1. The van der Waals surface area contributed by atoms with Crippen molar-refractivity contribution in [3.05, 3.63) is 83.4 Å². The summed E-state index contributed by atoms with van der Waals surface area (Å²) in [5.41, 5.74) is 3.48. The molecule has 1 saturated heterocycles. The number of anilines is 2. The van der Waals surface area contributed by atoms with Crippen molar-refractivity contribution in [2.24, 2.45) is 11.8 Å². The van der Waals surface area contributed by atoms with Gasteiger partial charge < -0.3 is 5.32 Å². The van der Waals surface area contributed by atoms with E-state index < -0.39 is 0 Å². The minimum atomic E-state index is -0.305. The number of carbonyl (C=O) groups excluding carboxylic acids is 2. The van der Waals surface area contributed by atoms with E-state index in [2.05, 4.69) is 53.6 Å². The first-order valence-electron chi connectivity index (χ1n) is 11.5. The minimum absolute atomic E-state index is 0.0406. The van der Waals surface area contributed by atoms with Gasteiger partial charge in [-0.15, -0.1) is 5.10 Å². The highest BCUT2D eigenvalue weighted by Gasteiger charge is 2.49. The van der Waals surface area contributed by atoms with Gasteiger partial charge in [-0.3, -0.25) is 9.59 Å². The zero-order valence-electron chi connectivity index (χ0n) is 18.4. The van der Waals surface area contributed by atoms with Crippen LogP contribution in [0, 0.1) is 18.8 Å². The Balaban J connectivity index is 1.41. The first-order chi connectivity index (χ1) is 16.1. The molecule has 0 unspecified atom stereocenters. The molecule has 0 radical (unpaired) electrons. The van der Waals surface area contributed by atoms with Crippen LogP contribution >= 0.6 is 0 Å². The molecule has 3 aromatic rings. The molecule has 0 spiro atoms. The van der Waals surface area contributed by atoms with Crippen molar-refractivity contribution in [2.75, 3.05) is 10.2 Å². The average molecular weight is 440 g/mol.